The molecule has 5 nitrogen and oxygen atoms in total. The summed E-state index contributed by atoms with van der Waals surface area (Å²) in [6.07, 6.45) is 4.78. The Hall–Kier alpha value is -0.190. The number of hydrogen-bond acceptors (Lipinski definition) is 4. The fourth-order valence-corrected chi connectivity index (χ4v) is 3.18. The highest BCUT2D eigenvalue weighted by Crippen LogP contribution is 2.45. The van der Waals surface area contributed by atoms with Gasteiger partial charge in [-0.05, 0) is 40.0 Å². The van der Waals surface area contributed by atoms with Crippen LogP contribution in [0.25, 0.3) is 0 Å². The molecule has 0 aromatic heterocycles. The minimum Gasteiger partial charge on any atom is -0.375 e. The lowest BCUT2D eigenvalue weighted by Gasteiger charge is -2.32. The van der Waals surface area contributed by atoms with Gasteiger partial charge in [0.05, 0.1) is 24.9 Å². The van der Waals surface area contributed by atoms with Gasteiger partial charge < -0.3 is 9.63 Å². The molecule has 0 spiro atoms. The fraction of sp³-hybridized carbons (Fsp3) is 0.857. The zero-order valence-electron chi connectivity index (χ0n) is 13.0. The summed E-state index contributed by atoms with van der Waals surface area (Å²) >= 11 is 0. The molecule has 0 radical (unpaired) electrons. The molecule has 4 atom stereocenters. The van der Waals surface area contributed by atoms with Crippen molar-refractivity contribution in [3.05, 3.63) is 12.2 Å². The predicted octanol–water partition coefficient (Wildman–Crippen LogP) is 3.53. The maximum absolute atomic E-state index is 11.7. The van der Waals surface area contributed by atoms with Crippen LogP contribution >= 0.6 is 7.82 Å². The molecule has 0 saturated carbocycles. The third-order valence-electron chi connectivity index (χ3n) is 2.99. The molecule has 20 heavy (non-hydrogen) atoms. The average molecular weight is 306 g/mol. The highest BCUT2D eigenvalue weighted by Gasteiger charge is 2.30. The van der Waals surface area contributed by atoms with E-state index in [4.69, 9.17) is 13.8 Å². The minimum absolute atomic E-state index is 0.00838. The van der Waals surface area contributed by atoms with E-state index >= 15 is 0 Å². The van der Waals surface area contributed by atoms with Crippen molar-refractivity contribution in [2.24, 2.45) is 11.8 Å². The lowest BCUT2D eigenvalue weighted by Crippen LogP contribution is -2.33. The van der Waals surface area contributed by atoms with E-state index in [1.54, 1.807) is 13.8 Å². The lowest BCUT2D eigenvalue weighted by atomic mass is 9.87. The van der Waals surface area contributed by atoms with E-state index in [-0.39, 0.29) is 30.8 Å². The van der Waals surface area contributed by atoms with Gasteiger partial charge in [0.1, 0.15) is 0 Å². The Balaban J connectivity index is 2.59. The average Bonchev–Trinajstić information content (AvgIpc) is 2.25. The molecule has 0 saturated heterocycles. The zero-order valence-corrected chi connectivity index (χ0v) is 13.9. The first-order valence-corrected chi connectivity index (χ1v) is 8.68. The van der Waals surface area contributed by atoms with E-state index in [0.717, 1.165) is 6.42 Å². The second kappa shape index (κ2) is 7.71. The topological polar surface area (TPSA) is 65.0 Å². The molecule has 0 bridgehead atoms. The minimum atomic E-state index is -3.98. The first-order chi connectivity index (χ1) is 9.19. The molecule has 1 aliphatic rings. The summed E-state index contributed by atoms with van der Waals surface area (Å²) in [7, 11) is -3.98. The number of phosphoric acid groups is 1. The van der Waals surface area contributed by atoms with Gasteiger partial charge in [-0.2, -0.15) is 0 Å². The van der Waals surface area contributed by atoms with Crippen LogP contribution < -0.4 is 0 Å². The Kier molecular flexibility index (Phi) is 6.89. The monoisotopic (exact) mass is 306 g/mol. The summed E-state index contributed by atoms with van der Waals surface area (Å²) in [6, 6.07) is 0. The number of hydrogen-bond donors (Lipinski definition) is 1. The number of phosphoric ester groups is 1. The summed E-state index contributed by atoms with van der Waals surface area (Å²) in [5.41, 5.74) is 0. The SMILES string of the molecule is CC1C=CC(COP(=O)(O)OC(C)C)C(OC(C)C)C1. The molecule has 4 unspecified atom stereocenters. The van der Waals surface area contributed by atoms with Crippen molar-refractivity contribution in [3.8, 4) is 0 Å². The van der Waals surface area contributed by atoms with Crippen molar-refractivity contribution in [3.63, 3.8) is 0 Å². The van der Waals surface area contributed by atoms with Gasteiger partial charge in [0.15, 0.2) is 0 Å². The van der Waals surface area contributed by atoms with Crippen LogP contribution in [-0.2, 0) is 18.3 Å². The molecule has 0 aromatic rings. The van der Waals surface area contributed by atoms with Gasteiger partial charge in [-0.1, -0.05) is 19.1 Å². The lowest BCUT2D eigenvalue weighted by molar-refractivity contribution is -0.0400. The van der Waals surface area contributed by atoms with E-state index in [2.05, 4.69) is 13.0 Å². The molecule has 0 heterocycles. The molecule has 1 N–H and O–H groups in total. The molecule has 1 aliphatic carbocycles. The number of allylic oxidation sites excluding steroid dienone is 1. The molecule has 1 rings (SSSR count). The second-order valence-corrected chi connectivity index (χ2v) is 7.31. The Bertz CT molecular complexity index is 367. The predicted molar refractivity (Wildman–Crippen MR) is 78.4 cm³/mol. The molecule has 118 valence electrons. The third-order valence-corrected chi connectivity index (χ3v) is 4.15. The van der Waals surface area contributed by atoms with Gasteiger partial charge in [0, 0.05) is 5.92 Å². The zero-order chi connectivity index (χ0) is 15.3. The number of rotatable bonds is 7. The molecule has 6 heteroatoms. The van der Waals surface area contributed by atoms with E-state index in [1.807, 2.05) is 19.9 Å². The summed E-state index contributed by atoms with van der Waals surface area (Å²) in [5, 5.41) is 0. The van der Waals surface area contributed by atoms with Crippen LogP contribution in [-0.4, -0.2) is 29.8 Å². The summed E-state index contributed by atoms with van der Waals surface area (Å²) in [4.78, 5) is 9.58. The highest BCUT2D eigenvalue weighted by molar-refractivity contribution is 7.47. The van der Waals surface area contributed by atoms with Crippen LogP contribution in [0.5, 0.6) is 0 Å². The second-order valence-electron chi connectivity index (χ2n) is 5.90. The van der Waals surface area contributed by atoms with Crippen molar-refractivity contribution in [1.82, 2.24) is 0 Å². The van der Waals surface area contributed by atoms with Gasteiger partial charge in [0.2, 0.25) is 0 Å². The van der Waals surface area contributed by atoms with E-state index in [0.29, 0.717) is 5.92 Å². The Morgan fingerprint density at radius 3 is 2.45 bits per heavy atom. The molecular weight excluding hydrogens is 279 g/mol. The van der Waals surface area contributed by atoms with Gasteiger partial charge in [-0.15, -0.1) is 0 Å². The van der Waals surface area contributed by atoms with E-state index in [1.165, 1.54) is 0 Å². The number of ether oxygens (including phenoxy) is 1. The first kappa shape index (κ1) is 17.9. The maximum Gasteiger partial charge on any atom is 0.472 e. The van der Waals surface area contributed by atoms with Crippen LogP contribution in [0.4, 0.5) is 0 Å². The van der Waals surface area contributed by atoms with E-state index in [9.17, 15) is 9.46 Å². The molecule has 0 aromatic carbocycles. The van der Waals surface area contributed by atoms with Crippen LogP contribution in [0.3, 0.4) is 0 Å². The highest BCUT2D eigenvalue weighted by atomic mass is 31.2. The molecule has 0 amide bonds. The Morgan fingerprint density at radius 1 is 1.25 bits per heavy atom. The normalized spacial score (nSPS) is 29.9. The standard InChI is InChI=1S/C14H27O5P/c1-10(2)18-14-8-12(5)6-7-13(14)9-17-20(15,16)19-11(3)4/h6-7,10-14H,8-9H2,1-5H3,(H,15,16). The maximum atomic E-state index is 11.7. The van der Waals surface area contributed by atoms with Crippen molar-refractivity contribution in [2.45, 2.75) is 59.4 Å². The van der Waals surface area contributed by atoms with Crippen molar-refractivity contribution >= 4 is 7.82 Å². The smallest absolute Gasteiger partial charge is 0.375 e. The molecule has 0 aliphatic heterocycles. The van der Waals surface area contributed by atoms with Crippen LogP contribution in [0.1, 0.15) is 41.0 Å². The summed E-state index contributed by atoms with van der Waals surface area (Å²) < 4.78 is 27.6. The largest absolute Gasteiger partial charge is 0.472 e. The Morgan fingerprint density at radius 2 is 1.90 bits per heavy atom. The van der Waals surface area contributed by atoms with Gasteiger partial charge in [-0.3, -0.25) is 9.05 Å². The van der Waals surface area contributed by atoms with Crippen LogP contribution in [0.15, 0.2) is 12.2 Å². The van der Waals surface area contributed by atoms with Crippen LogP contribution in [0.2, 0.25) is 0 Å². The van der Waals surface area contributed by atoms with Gasteiger partial charge in [-0.25, -0.2) is 4.57 Å². The third kappa shape index (κ3) is 6.51. The summed E-state index contributed by atoms with van der Waals surface area (Å²) in [5.74, 6) is 0.424. The fourth-order valence-electron chi connectivity index (χ4n) is 2.22. The van der Waals surface area contributed by atoms with Gasteiger partial charge in [0.25, 0.3) is 0 Å². The quantitative estimate of drug-likeness (QED) is 0.576. The molecule has 0 fully saturated rings. The summed E-state index contributed by atoms with van der Waals surface area (Å²) in [6.45, 7) is 9.61. The van der Waals surface area contributed by atoms with Gasteiger partial charge >= 0.3 is 7.82 Å². The molecular formula is C14H27O5P. The Labute approximate surface area is 121 Å². The van der Waals surface area contributed by atoms with Crippen molar-refractivity contribution < 1.29 is 23.2 Å². The first-order valence-electron chi connectivity index (χ1n) is 7.19. The van der Waals surface area contributed by atoms with Crippen LogP contribution in [0, 0.1) is 11.8 Å². The van der Waals surface area contributed by atoms with E-state index < -0.39 is 7.82 Å². The van der Waals surface area contributed by atoms with Crippen molar-refractivity contribution in [1.29, 1.82) is 0 Å². The van der Waals surface area contributed by atoms with Crippen molar-refractivity contribution in [2.75, 3.05) is 6.61 Å².